The van der Waals surface area contributed by atoms with Crippen molar-refractivity contribution in [1.29, 1.82) is 0 Å². The van der Waals surface area contributed by atoms with E-state index in [0.717, 1.165) is 26.1 Å². The van der Waals surface area contributed by atoms with Gasteiger partial charge in [0.15, 0.2) is 0 Å². The number of benzene rings is 1. The third-order valence-electron chi connectivity index (χ3n) is 3.71. The minimum absolute atomic E-state index is 0.00437. The molecule has 1 amide bonds. The van der Waals surface area contributed by atoms with E-state index in [-0.39, 0.29) is 18.0 Å². The number of nitrogens with one attached hydrogen (secondary N) is 1. The molecule has 1 aromatic rings. The maximum absolute atomic E-state index is 11.8. The molecular weight excluding hydrogens is 270 g/mol. The first-order chi connectivity index (χ1) is 10.2. The monoisotopic (exact) mass is 291 g/mol. The summed E-state index contributed by atoms with van der Waals surface area (Å²) in [5.41, 5.74) is 0.462. The first-order valence-electron chi connectivity index (χ1n) is 7.38. The molecule has 114 valence electrons. The van der Waals surface area contributed by atoms with Crippen LogP contribution in [0.3, 0.4) is 0 Å². The molecule has 2 rings (SSSR count). The molecule has 0 unspecified atom stereocenters. The van der Waals surface area contributed by atoms with Crippen LogP contribution in [0.1, 0.15) is 24.8 Å². The maximum Gasteiger partial charge on any atom is 0.273 e. The Bertz CT molecular complexity index is 499. The Morgan fingerprint density at radius 3 is 2.71 bits per heavy atom. The fourth-order valence-corrected chi connectivity index (χ4v) is 2.61. The Kier molecular flexibility index (Phi) is 5.68. The highest BCUT2D eigenvalue weighted by atomic mass is 16.6. The first kappa shape index (κ1) is 15.4. The minimum Gasteiger partial charge on any atom is -0.356 e. The van der Waals surface area contributed by atoms with Crippen LogP contribution in [0.25, 0.3) is 0 Å². The summed E-state index contributed by atoms with van der Waals surface area (Å²) < 4.78 is 0. The summed E-state index contributed by atoms with van der Waals surface area (Å²) in [6, 6.07) is 6.37. The Morgan fingerprint density at radius 2 is 2.00 bits per heavy atom. The predicted molar refractivity (Wildman–Crippen MR) is 80.1 cm³/mol. The molecule has 21 heavy (non-hydrogen) atoms. The van der Waals surface area contributed by atoms with Crippen molar-refractivity contribution in [2.24, 2.45) is 0 Å². The summed E-state index contributed by atoms with van der Waals surface area (Å²) in [5.74, 6) is -0.161. The average Bonchev–Trinajstić information content (AvgIpc) is 2.97. The van der Waals surface area contributed by atoms with Gasteiger partial charge in [-0.3, -0.25) is 14.9 Å². The number of hydrogen-bond acceptors (Lipinski definition) is 4. The molecule has 1 aromatic carbocycles. The normalized spacial score (nSPS) is 15.0. The fourth-order valence-electron chi connectivity index (χ4n) is 2.61. The molecular formula is C15H21N3O3. The topological polar surface area (TPSA) is 75.5 Å². The Balaban J connectivity index is 1.73. The molecule has 0 aromatic heterocycles. The third-order valence-corrected chi connectivity index (χ3v) is 3.71. The number of carbonyl (C=O) groups is 1. The summed E-state index contributed by atoms with van der Waals surface area (Å²) >= 11 is 0. The lowest BCUT2D eigenvalue weighted by Crippen LogP contribution is -2.29. The van der Waals surface area contributed by atoms with Crippen molar-refractivity contribution in [2.75, 3.05) is 26.2 Å². The summed E-state index contributed by atoms with van der Waals surface area (Å²) in [7, 11) is 0. The largest absolute Gasteiger partial charge is 0.356 e. The quantitative estimate of drug-likeness (QED) is 0.471. The smallest absolute Gasteiger partial charge is 0.273 e. The van der Waals surface area contributed by atoms with Crippen molar-refractivity contribution in [3.05, 3.63) is 39.9 Å². The van der Waals surface area contributed by atoms with Crippen LogP contribution in [0.5, 0.6) is 0 Å². The summed E-state index contributed by atoms with van der Waals surface area (Å²) in [6.45, 7) is 3.94. The zero-order valence-corrected chi connectivity index (χ0v) is 12.1. The van der Waals surface area contributed by atoms with E-state index in [2.05, 4.69) is 10.2 Å². The lowest BCUT2D eigenvalue weighted by molar-refractivity contribution is -0.385. The first-order valence-corrected chi connectivity index (χ1v) is 7.38. The van der Waals surface area contributed by atoms with Gasteiger partial charge in [0.1, 0.15) is 0 Å². The highest BCUT2D eigenvalue weighted by Crippen LogP contribution is 2.17. The number of rotatable bonds is 7. The molecule has 0 saturated carbocycles. The molecule has 6 heteroatoms. The zero-order chi connectivity index (χ0) is 15.1. The summed E-state index contributed by atoms with van der Waals surface area (Å²) in [5, 5.41) is 13.7. The van der Waals surface area contributed by atoms with Gasteiger partial charge in [-0.25, -0.2) is 0 Å². The van der Waals surface area contributed by atoms with Crippen molar-refractivity contribution >= 4 is 11.6 Å². The second kappa shape index (κ2) is 7.73. The van der Waals surface area contributed by atoms with E-state index in [9.17, 15) is 14.9 Å². The van der Waals surface area contributed by atoms with Gasteiger partial charge >= 0.3 is 0 Å². The van der Waals surface area contributed by atoms with Crippen LogP contribution in [0.2, 0.25) is 0 Å². The number of nitrogens with zero attached hydrogens (tertiary/aromatic N) is 2. The van der Waals surface area contributed by atoms with E-state index in [4.69, 9.17) is 0 Å². The molecule has 1 saturated heterocycles. The fraction of sp³-hybridized carbons (Fsp3) is 0.533. The van der Waals surface area contributed by atoms with Crippen molar-refractivity contribution in [2.45, 2.75) is 25.7 Å². The van der Waals surface area contributed by atoms with Crippen LogP contribution in [0, 0.1) is 10.1 Å². The van der Waals surface area contributed by atoms with Crippen LogP contribution in [0.15, 0.2) is 24.3 Å². The lowest BCUT2D eigenvalue weighted by Gasteiger charge is -2.14. The number of nitro benzene ring substituents is 1. The van der Waals surface area contributed by atoms with Gasteiger partial charge in [0.25, 0.3) is 5.69 Å². The summed E-state index contributed by atoms with van der Waals surface area (Å²) in [4.78, 5) is 24.7. The van der Waals surface area contributed by atoms with E-state index in [1.807, 2.05) is 0 Å². The Morgan fingerprint density at radius 1 is 1.29 bits per heavy atom. The minimum atomic E-state index is -0.448. The molecule has 0 atom stereocenters. The van der Waals surface area contributed by atoms with Crippen molar-refractivity contribution in [3.63, 3.8) is 0 Å². The van der Waals surface area contributed by atoms with Gasteiger partial charge in [-0.05, 0) is 38.9 Å². The van der Waals surface area contributed by atoms with E-state index in [0.29, 0.717) is 12.1 Å². The van der Waals surface area contributed by atoms with Crippen LogP contribution < -0.4 is 5.32 Å². The van der Waals surface area contributed by atoms with Crippen LogP contribution >= 0.6 is 0 Å². The summed E-state index contributed by atoms with van der Waals surface area (Å²) in [6.07, 6.45) is 3.51. The predicted octanol–water partition coefficient (Wildman–Crippen LogP) is 1.74. The van der Waals surface area contributed by atoms with Gasteiger partial charge in [0, 0.05) is 18.2 Å². The zero-order valence-electron chi connectivity index (χ0n) is 12.1. The van der Waals surface area contributed by atoms with Crippen molar-refractivity contribution in [1.82, 2.24) is 10.2 Å². The Hall–Kier alpha value is -1.95. The van der Waals surface area contributed by atoms with Gasteiger partial charge in [0.2, 0.25) is 5.91 Å². The van der Waals surface area contributed by atoms with E-state index in [1.165, 1.54) is 18.9 Å². The van der Waals surface area contributed by atoms with Crippen LogP contribution in [0.4, 0.5) is 5.69 Å². The molecule has 6 nitrogen and oxygen atoms in total. The number of carbonyl (C=O) groups excluding carboxylic acids is 1. The van der Waals surface area contributed by atoms with Crippen molar-refractivity contribution < 1.29 is 9.72 Å². The van der Waals surface area contributed by atoms with Gasteiger partial charge in [-0.1, -0.05) is 18.2 Å². The van der Waals surface area contributed by atoms with Gasteiger partial charge in [-0.15, -0.1) is 0 Å². The van der Waals surface area contributed by atoms with Gasteiger partial charge < -0.3 is 10.2 Å². The highest BCUT2D eigenvalue weighted by molar-refractivity contribution is 5.79. The third kappa shape index (κ3) is 4.82. The van der Waals surface area contributed by atoms with Crippen LogP contribution in [-0.4, -0.2) is 41.9 Å². The van der Waals surface area contributed by atoms with Crippen molar-refractivity contribution in [3.8, 4) is 0 Å². The number of para-hydroxylation sites is 1. The van der Waals surface area contributed by atoms with Crippen LogP contribution in [-0.2, 0) is 11.2 Å². The van der Waals surface area contributed by atoms with E-state index in [1.54, 1.807) is 18.2 Å². The number of hydrogen-bond donors (Lipinski definition) is 1. The van der Waals surface area contributed by atoms with E-state index < -0.39 is 4.92 Å². The molecule has 0 bridgehead atoms. The molecule has 0 spiro atoms. The highest BCUT2D eigenvalue weighted by Gasteiger charge is 2.15. The molecule has 0 aliphatic carbocycles. The van der Waals surface area contributed by atoms with E-state index >= 15 is 0 Å². The molecule has 1 aliphatic heterocycles. The maximum atomic E-state index is 11.8. The lowest BCUT2D eigenvalue weighted by atomic mass is 10.1. The molecule has 1 aliphatic rings. The standard InChI is InChI=1S/C15H21N3O3/c19-15(16-8-5-11-17-9-3-4-10-17)12-13-6-1-2-7-14(13)18(20)21/h1-2,6-7H,3-5,8-12H2,(H,16,19). The molecule has 1 fully saturated rings. The molecule has 1 heterocycles. The van der Waals surface area contributed by atoms with Gasteiger partial charge in [-0.2, -0.15) is 0 Å². The van der Waals surface area contributed by atoms with Gasteiger partial charge in [0.05, 0.1) is 11.3 Å². The second-order valence-corrected chi connectivity index (χ2v) is 5.31. The molecule has 0 radical (unpaired) electrons. The SMILES string of the molecule is O=C(Cc1ccccc1[N+](=O)[O-])NCCCN1CCCC1. The average molecular weight is 291 g/mol. The molecule has 1 N–H and O–H groups in total. The number of amides is 1. The second-order valence-electron chi connectivity index (χ2n) is 5.31. The Labute approximate surface area is 124 Å². The number of nitro groups is 1. The number of likely N-dealkylation sites (tertiary alicyclic amines) is 1.